The molecule has 1 aliphatic heterocycles. The van der Waals surface area contributed by atoms with Gasteiger partial charge < -0.3 is 20.3 Å². The molecular formula is C19H27F3N4O2. The van der Waals surface area contributed by atoms with Gasteiger partial charge in [-0.05, 0) is 36.5 Å². The van der Waals surface area contributed by atoms with Gasteiger partial charge >= 0.3 is 6.18 Å². The molecule has 1 fully saturated rings. The zero-order valence-corrected chi connectivity index (χ0v) is 16.2. The summed E-state index contributed by atoms with van der Waals surface area (Å²) in [7, 11) is 3.34. The fourth-order valence-corrected chi connectivity index (χ4v) is 3.14. The van der Waals surface area contributed by atoms with E-state index in [0.29, 0.717) is 18.9 Å². The van der Waals surface area contributed by atoms with Crippen LogP contribution in [0.5, 0.6) is 5.75 Å². The number of carbonyl (C=O) groups is 1. The first kappa shape index (κ1) is 21.8. The number of hydrogen-bond acceptors (Lipinski definition) is 3. The molecule has 0 aromatic heterocycles. The molecule has 2 rings (SSSR count). The summed E-state index contributed by atoms with van der Waals surface area (Å²) in [4.78, 5) is 17.9. The number of likely N-dealkylation sites (tertiary alicyclic amines) is 1. The van der Waals surface area contributed by atoms with Gasteiger partial charge in [0, 0.05) is 40.2 Å². The number of guanidine groups is 1. The van der Waals surface area contributed by atoms with Gasteiger partial charge in [0.1, 0.15) is 5.75 Å². The number of alkyl halides is 3. The molecule has 0 atom stereocenters. The van der Waals surface area contributed by atoms with Crippen molar-refractivity contribution in [1.82, 2.24) is 15.5 Å². The normalized spacial score (nSPS) is 16.0. The van der Waals surface area contributed by atoms with E-state index < -0.39 is 12.8 Å². The minimum atomic E-state index is -4.36. The van der Waals surface area contributed by atoms with Gasteiger partial charge in [-0.15, -0.1) is 0 Å². The zero-order valence-electron chi connectivity index (χ0n) is 16.2. The van der Waals surface area contributed by atoms with Crippen molar-refractivity contribution in [3.63, 3.8) is 0 Å². The van der Waals surface area contributed by atoms with Crippen molar-refractivity contribution >= 4 is 11.9 Å². The monoisotopic (exact) mass is 400 g/mol. The van der Waals surface area contributed by atoms with Gasteiger partial charge in [-0.3, -0.25) is 9.79 Å². The Hall–Kier alpha value is -2.45. The molecule has 1 aromatic carbocycles. The van der Waals surface area contributed by atoms with Crippen molar-refractivity contribution in [2.75, 3.05) is 33.8 Å². The van der Waals surface area contributed by atoms with E-state index in [1.807, 2.05) is 6.07 Å². The van der Waals surface area contributed by atoms with E-state index in [1.54, 1.807) is 26.2 Å². The van der Waals surface area contributed by atoms with Gasteiger partial charge in [0.05, 0.1) is 0 Å². The standard InChI is InChI=1S/C19H27F3N4O2/c1-23-17(27)11-14-6-8-26(9-7-14)18(24-2)25-12-15-4-3-5-16(10-15)28-13-19(20,21)22/h3-5,10,14H,6-9,11-13H2,1-2H3,(H,23,27)(H,24,25). The highest BCUT2D eigenvalue weighted by Gasteiger charge is 2.28. The Morgan fingerprint density at radius 1 is 1.32 bits per heavy atom. The summed E-state index contributed by atoms with van der Waals surface area (Å²) in [6.45, 7) is 0.719. The van der Waals surface area contributed by atoms with E-state index in [4.69, 9.17) is 4.74 Å². The molecule has 6 nitrogen and oxygen atoms in total. The van der Waals surface area contributed by atoms with E-state index >= 15 is 0 Å². The number of amides is 1. The number of halogens is 3. The summed E-state index contributed by atoms with van der Waals surface area (Å²) in [5.74, 6) is 1.35. The summed E-state index contributed by atoms with van der Waals surface area (Å²) >= 11 is 0. The Labute approximate surface area is 163 Å². The SMILES string of the molecule is CN=C(NCc1cccc(OCC(F)(F)F)c1)N1CCC(CC(=O)NC)CC1. The molecule has 1 saturated heterocycles. The third-order valence-corrected chi connectivity index (χ3v) is 4.63. The molecular weight excluding hydrogens is 373 g/mol. The van der Waals surface area contributed by atoms with E-state index in [0.717, 1.165) is 37.5 Å². The van der Waals surface area contributed by atoms with Crippen LogP contribution >= 0.6 is 0 Å². The predicted octanol–water partition coefficient (Wildman–Crippen LogP) is 2.55. The number of hydrogen-bond donors (Lipinski definition) is 2. The van der Waals surface area contributed by atoms with Crippen molar-refractivity contribution < 1.29 is 22.7 Å². The molecule has 1 aliphatic rings. The highest BCUT2D eigenvalue weighted by atomic mass is 19.4. The number of carbonyl (C=O) groups excluding carboxylic acids is 1. The van der Waals surface area contributed by atoms with Gasteiger partial charge in [0.2, 0.25) is 5.91 Å². The van der Waals surface area contributed by atoms with E-state index in [1.165, 1.54) is 6.07 Å². The van der Waals surface area contributed by atoms with Gasteiger partial charge in [-0.25, -0.2) is 0 Å². The first-order valence-corrected chi connectivity index (χ1v) is 9.25. The minimum Gasteiger partial charge on any atom is -0.484 e. The summed E-state index contributed by atoms with van der Waals surface area (Å²) in [5, 5.41) is 5.90. The number of rotatable bonds is 6. The van der Waals surface area contributed by atoms with Crippen LogP contribution in [0.25, 0.3) is 0 Å². The second kappa shape index (κ2) is 10.2. The molecule has 0 saturated carbocycles. The highest BCUT2D eigenvalue weighted by Crippen LogP contribution is 2.21. The quantitative estimate of drug-likeness (QED) is 0.569. The molecule has 28 heavy (non-hydrogen) atoms. The lowest BCUT2D eigenvalue weighted by molar-refractivity contribution is -0.153. The maximum Gasteiger partial charge on any atom is 0.422 e. The molecule has 1 heterocycles. The van der Waals surface area contributed by atoms with Gasteiger partial charge in [-0.1, -0.05) is 12.1 Å². The number of nitrogens with one attached hydrogen (secondary N) is 2. The molecule has 156 valence electrons. The summed E-state index contributed by atoms with van der Waals surface area (Å²) in [5.41, 5.74) is 0.801. The Morgan fingerprint density at radius 3 is 2.64 bits per heavy atom. The zero-order chi connectivity index (χ0) is 20.6. The van der Waals surface area contributed by atoms with Crippen LogP contribution in [0.2, 0.25) is 0 Å². The van der Waals surface area contributed by atoms with Crippen molar-refractivity contribution in [3.8, 4) is 5.75 Å². The molecule has 9 heteroatoms. The largest absolute Gasteiger partial charge is 0.484 e. The third kappa shape index (κ3) is 7.28. The van der Waals surface area contributed by atoms with Crippen LogP contribution in [0.15, 0.2) is 29.3 Å². The molecule has 0 unspecified atom stereocenters. The van der Waals surface area contributed by atoms with Crippen molar-refractivity contribution in [3.05, 3.63) is 29.8 Å². The molecule has 0 radical (unpaired) electrons. The molecule has 2 N–H and O–H groups in total. The lowest BCUT2D eigenvalue weighted by atomic mass is 9.93. The molecule has 1 aromatic rings. The van der Waals surface area contributed by atoms with Crippen molar-refractivity contribution in [2.24, 2.45) is 10.9 Å². The van der Waals surface area contributed by atoms with Crippen LogP contribution in [0, 0.1) is 5.92 Å². The van der Waals surface area contributed by atoms with Crippen LogP contribution in [-0.4, -0.2) is 56.7 Å². The predicted molar refractivity (Wildman–Crippen MR) is 101 cm³/mol. The average Bonchev–Trinajstić information content (AvgIpc) is 2.68. The van der Waals surface area contributed by atoms with Gasteiger partial charge in [0.15, 0.2) is 12.6 Å². The van der Waals surface area contributed by atoms with Crippen molar-refractivity contribution in [2.45, 2.75) is 32.0 Å². The van der Waals surface area contributed by atoms with Crippen LogP contribution in [-0.2, 0) is 11.3 Å². The second-order valence-electron chi connectivity index (χ2n) is 6.76. The van der Waals surface area contributed by atoms with Crippen molar-refractivity contribution in [1.29, 1.82) is 0 Å². The number of benzene rings is 1. The van der Waals surface area contributed by atoms with Crippen LogP contribution in [0.3, 0.4) is 0 Å². The Balaban J connectivity index is 1.83. The maximum atomic E-state index is 12.3. The molecule has 1 amide bonds. The van der Waals surface area contributed by atoms with Crippen LogP contribution in [0.4, 0.5) is 13.2 Å². The number of piperidine rings is 1. The van der Waals surface area contributed by atoms with Crippen LogP contribution < -0.4 is 15.4 Å². The topological polar surface area (TPSA) is 66.0 Å². The Bertz CT molecular complexity index is 671. The van der Waals surface area contributed by atoms with E-state index in [9.17, 15) is 18.0 Å². The Morgan fingerprint density at radius 2 is 2.04 bits per heavy atom. The first-order chi connectivity index (χ1) is 13.3. The minimum absolute atomic E-state index is 0.0635. The molecule has 0 bridgehead atoms. The van der Waals surface area contributed by atoms with E-state index in [-0.39, 0.29) is 11.7 Å². The van der Waals surface area contributed by atoms with Gasteiger partial charge in [-0.2, -0.15) is 13.2 Å². The fourth-order valence-electron chi connectivity index (χ4n) is 3.14. The van der Waals surface area contributed by atoms with Gasteiger partial charge in [0.25, 0.3) is 0 Å². The summed E-state index contributed by atoms with van der Waals surface area (Å²) < 4.78 is 41.6. The smallest absolute Gasteiger partial charge is 0.422 e. The average molecular weight is 400 g/mol. The summed E-state index contributed by atoms with van der Waals surface area (Å²) in [6.07, 6.45) is -1.99. The maximum absolute atomic E-state index is 12.3. The number of ether oxygens (including phenoxy) is 1. The third-order valence-electron chi connectivity index (χ3n) is 4.63. The number of aliphatic imine (C=N–C) groups is 1. The Kier molecular flexibility index (Phi) is 7.95. The van der Waals surface area contributed by atoms with Crippen LogP contribution in [0.1, 0.15) is 24.8 Å². The lowest BCUT2D eigenvalue weighted by Gasteiger charge is -2.34. The highest BCUT2D eigenvalue weighted by molar-refractivity contribution is 5.80. The second-order valence-corrected chi connectivity index (χ2v) is 6.76. The molecule has 0 aliphatic carbocycles. The molecule has 0 spiro atoms. The summed E-state index contributed by atoms with van der Waals surface area (Å²) in [6, 6.07) is 6.56. The van der Waals surface area contributed by atoms with E-state index in [2.05, 4.69) is 20.5 Å². The lowest BCUT2D eigenvalue weighted by Crippen LogP contribution is -2.45. The first-order valence-electron chi connectivity index (χ1n) is 9.25. The fraction of sp³-hybridized carbons (Fsp3) is 0.579. The number of nitrogens with zero attached hydrogens (tertiary/aromatic N) is 2.